The van der Waals surface area contributed by atoms with Gasteiger partial charge in [-0.3, -0.25) is 4.98 Å². The zero-order chi connectivity index (χ0) is 20.6. The van der Waals surface area contributed by atoms with E-state index in [1.807, 2.05) is 16.7 Å². The molecule has 0 spiro atoms. The number of hydrogen-bond acceptors (Lipinski definition) is 6. The number of allylic oxidation sites excluding steroid dienone is 1. The predicted molar refractivity (Wildman–Crippen MR) is 114 cm³/mol. The van der Waals surface area contributed by atoms with E-state index < -0.39 is 0 Å². The third-order valence-corrected chi connectivity index (χ3v) is 5.43. The Morgan fingerprint density at radius 3 is 2.76 bits per heavy atom. The Morgan fingerprint density at radius 2 is 2.03 bits per heavy atom. The maximum absolute atomic E-state index is 9.76. The first kappa shape index (κ1) is 19.6. The maximum atomic E-state index is 9.76. The van der Waals surface area contributed by atoms with Crippen LogP contribution in [-0.2, 0) is 12.0 Å². The lowest BCUT2D eigenvalue weighted by atomic mass is 9.95. The number of nitrogens with zero attached hydrogens (tertiary/aromatic N) is 6. The highest BCUT2D eigenvalue weighted by Crippen LogP contribution is 2.33. The summed E-state index contributed by atoms with van der Waals surface area (Å²) in [5, 5.41) is 10.4. The maximum Gasteiger partial charge on any atom is 0.166 e. The summed E-state index contributed by atoms with van der Waals surface area (Å²) in [7, 11) is 0. The van der Waals surface area contributed by atoms with Crippen LogP contribution < -0.4 is 4.90 Å². The number of anilines is 1. The van der Waals surface area contributed by atoms with Gasteiger partial charge in [-0.2, -0.15) is 0 Å². The van der Waals surface area contributed by atoms with Crippen molar-refractivity contribution in [3.05, 3.63) is 53.2 Å². The third-order valence-electron chi connectivity index (χ3n) is 5.09. The van der Waals surface area contributed by atoms with Gasteiger partial charge < -0.3 is 14.6 Å². The van der Waals surface area contributed by atoms with Gasteiger partial charge in [-0.05, 0) is 31.4 Å². The van der Waals surface area contributed by atoms with Crippen LogP contribution in [0.1, 0.15) is 51.6 Å². The number of imidazole rings is 1. The highest BCUT2D eigenvalue weighted by molar-refractivity contribution is 6.31. The summed E-state index contributed by atoms with van der Waals surface area (Å²) in [6.45, 7) is 7.54. The molecule has 1 saturated heterocycles. The second-order valence-corrected chi connectivity index (χ2v) is 8.73. The standard InChI is InChI=1S/C21H25ClN6O/c1-21(2,3)20-25-18-17(19(26-20)28-10-5-4-7-14(28)12-29)24-13-27(18)11-16-15(22)8-6-9-23-16/h6,8-9,12-13,29H,4-5,7,10-11H2,1-3H3/b14-12+. The van der Waals surface area contributed by atoms with E-state index in [2.05, 4.69) is 35.6 Å². The van der Waals surface area contributed by atoms with Gasteiger partial charge in [0.1, 0.15) is 5.82 Å². The Morgan fingerprint density at radius 1 is 1.21 bits per heavy atom. The molecular formula is C21H25ClN6O. The van der Waals surface area contributed by atoms with E-state index in [4.69, 9.17) is 21.6 Å². The molecule has 29 heavy (non-hydrogen) atoms. The Hall–Kier alpha value is -2.67. The molecule has 7 nitrogen and oxygen atoms in total. The average molecular weight is 413 g/mol. The van der Waals surface area contributed by atoms with Gasteiger partial charge in [0.05, 0.1) is 35.5 Å². The van der Waals surface area contributed by atoms with Crippen molar-refractivity contribution in [2.24, 2.45) is 0 Å². The van der Waals surface area contributed by atoms with Crippen LogP contribution in [-0.4, -0.2) is 36.2 Å². The zero-order valence-electron chi connectivity index (χ0n) is 16.9. The van der Waals surface area contributed by atoms with Crippen LogP contribution in [0.4, 0.5) is 5.82 Å². The lowest BCUT2D eigenvalue weighted by Crippen LogP contribution is -2.30. The SMILES string of the molecule is CC(C)(C)c1nc(N2CCCC/C2=C\O)c2ncn(Cc3ncccc3Cl)c2n1. The third kappa shape index (κ3) is 3.79. The predicted octanol–water partition coefficient (Wildman–Crippen LogP) is 4.61. The number of hydrogen-bond donors (Lipinski definition) is 1. The summed E-state index contributed by atoms with van der Waals surface area (Å²) in [5.74, 6) is 1.47. The van der Waals surface area contributed by atoms with E-state index in [1.165, 1.54) is 6.26 Å². The van der Waals surface area contributed by atoms with E-state index >= 15 is 0 Å². The molecule has 4 rings (SSSR count). The first-order valence-electron chi connectivity index (χ1n) is 9.82. The quantitative estimate of drug-likeness (QED) is 0.632. The van der Waals surface area contributed by atoms with Crippen LogP contribution in [0.15, 0.2) is 36.6 Å². The molecule has 0 aliphatic carbocycles. The first-order valence-corrected chi connectivity index (χ1v) is 10.2. The number of aliphatic hydroxyl groups is 1. The monoisotopic (exact) mass is 412 g/mol. The van der Waals surface area contributed by atoms with Crippen LogP contribution in [0.5, 0.6) is 0 Å². The number of fused-ring (bicyclic) bond motifs is 1. The van der Waals surface area contributed by atoms with Crippen molar-refractivity contribution in [3.63, 3.8) is 0 Å². The van der Waals surface area contributed by atoms with Crippen LogP contribution in [0.2, 0.25) is 5.02 Å². The molecule has 0 aromatic carbocycles. The summed E-state index contributed by atoms with van der Waals surface area (Å²) in [6, 6.07) is 3.64. The lowest BCUT2D eigenvalue weighted by molar-refractivity contribution is 0.453. The van der Waals surface area contributed by atoms with E-state index in [0.717, 1.165) is 54.5 Å². The normalized spacial score (nSPS) is 16.7. The average Bonchev–Trinajstić information content (AvgIpc) is 3.11. The highest BCUT2D eigenvalue weighted by atomic mass is 35.5. The first-order chi connectivity index (χ1) is 13.9. The minimum atomic E-state index is -0.237. The molecule has 3 aromatic rings. The lowest BCUT2D eigenvalue weighted by Gasteiger charge is -2.31. The zero-order valence-corrected chi connectivity index (χ0v) is 17.7. The van der Waals surface area contributed by atoms with Crippen molar-refractivity contribution in [2.75, 3.05) is 11.4 Å². The van der Waals surface area contributed by atoms with Gasteiger partial charge in [0.15, 0.2) is 17.0 Å². The van der Waals surface area contributed by atoms with Gasteiger partial charge in [0.25, 0.3) is 0 Å². The number of rotatable bonds is 3. The second kappa shape index (κ2) is 7.63. The minimum Gasteiger partial charge on any atom is -0.514 e. The molecule has 1 aliphatic rings. The van der Waals surface area contributed by atoms with Crippen LogP contribution in [0, 0.1) is 0 Å². The molecule has 8 heteroatoms. The highest BCUT2D eigenvalue weighted by Gasteiger charge is 2.27. The molecule has 1 fully saturated rings. The largest absolute Gasteiger partial charge is 0.514 e. The summed E-state index contributed by atoms with van der Waals surface area (Å²) in [5.41, 5.74) is 2.84. The minimum absolute atomic E-state index is 0.237. The molecule has 0 saturated carbocycles. The smallest absolute Gasteiger partial charge is 0.166 e. The van der Waals surface area contributed by atoms with E-state index in [-0.39, 0.29) is 5.41 Å². The molecule has 152 valence electrons. The van der Waals surface area contributed by atoms with Gasteiger partial charge in [-0.25, -0.2) is 15.0 Å². The molecule has 3 aromatic heterocycles. The topological polar surface area (TPSA) is 80.0 Å². The van der Waals surface area contributed by atoms with Gasteiger partial charge in [0, 0.05) is 18.2 Å². The number of aromatic nitrogens is 5. The molecule has 0 atom stereocenters. The molecular weight excluding hydrogens is 388 g/mol. The van der Waals surface area contributed by atoms with Crippen molar-refractivity contribution >= 4 is 28.6 Å². The summed E-state index contributed by atoms with van der Waals surface area (Å²) < 4.78 is 1.95. The molecule has 4 heterocycles. The number of pyridine rings is 1. The van der Waals surface area contributed by atoms with Crippen LogP contribution in [0.25, 0.3) is 11.2 Å². The second-order valence-electron chi connectivity index (χ2n) is 8.33. The molecule has 0 radical (unpaired) electrons. The molecule has 1 aliphatic heterocycles. The fourth-order valence-electron chi connectivity index (χ4n) is 3.50. The number of piperidine rings is 1. The van der Waals surface area contributed by atoms with E-state index in [1.54, 1.807) is 12.5 Å². The van der Waals surface area contributed by atoms with Crippen molar-refractivity contribution in [1.82, 2.24) is 24.5 Å². The fraction of sp³-hybridized carbons (Fsp3) is 0.429. The summed E-state index contributed by atoms with van der Waals surface area (Å²) in [6.07, 6.45) is 7.58. The van der Waals surface area contributed by atoms with Gasteiger partial charge in [-0.1, -0.05) is 32.4 Å². The van der Waals surface area contributed by atoms with Gasteiger partial charge in [0.2, 0.25) is 0 Å². The molecule has 0 bridgehead atoms. The molecule has 0 unspecified atom stereocenters. The molecule has 1 N–H and O–H groups in total. The van der Waals surface area contributed by atoms with Gasteiger partial charge >= 0.3 is 0 Å². The summed E-state index contributed by atoms with van der Waals surface area (Å²) >= 11 is 6.31. The Balaban J connectivity index is 1.88. The van der Waals surface area contributed by atoms with Crippen molar-refractivity contribution in [1.29, 1.82) is 0 Å². The number of aliphatic hydroxyl groups excluding tert-OH is 1. The summed E-state index contributed by atoms with van der Waals surface area (Å²) in [4.78, 5) is 20.8. The Labute approximate surface area is 175 Å². The van der Waals surface area contributed by atoms with E-state index in [0.29, 0.717) is 17.1 Å². The van der Waals surface area contributed by atoms with Gasteiger partial charge in [-0.15, -0.1) is 0 Å². The van der Waals surface area contributed by atoms with Crippen molar-refractivity contribution in [3.8, 4) is 0 Å². The molecule has 0 amide bonds. The van der Waals surface area contributed by atoms with Crippen molar-refractivity contribution in [2.45, 2.75) is 52.0 Å². The number of halogens is 1. The van der Waals surface area contributed by atoms with Crippen molar-refractivity contribution < 1.29 is 5.11 Å². The van der Waals surface area contributed by atoms with Crippen LogP contribution in [0.3, 0.4) is 0 Å². The van der Waals surface area contributed by atoms with Crippen LogP contribution >= 0.6 is 11.6 Å². The Kier molecular flexibility index (Phi) is 5.17. The van der Waals surface area contributed by atoms with E-state index in [9.17, 15) is 5.11 Å². The fourth-order valence-corrected chi connectivity index (χ4v) is 3.68. The Bertz CT molecular complexity index is 1070.